The number of aromatic nitrogens is 2. The average molecular weight is 307 g/mol. The predicted molar refractivity (Wildman–Crippen MR) is 83.2 cm³/mol. The second-order valence-electron chi connectivity index (χ2n) is 5.24. The van der Waals surface area contributed by atoms with Gasteiger partial charge in [-0.15, -0.1) is 0 Å². The summed E-state index contributed by atoms with van der Waals surface area (Å²) in [5, 5.41) is 6.65. The number of hydrogen-bond donors (Lipinski definition) is 1. The minimum atomic E-state index is -0.365. The van der Waals surface area contributed by atoms with Crippen LogP contribution < -0.4 is 10.1 Å². The third kappa shape index (κ3) is 2.34. The number of fused-ring (bicyclic) bond motifs is 3. The largest absolute Gasteiger partial charge is 0.488 e. The van der Waals surface area contributed by atoms with Gasteiger partial charge in [-0.3, -0.25) is 4.79 Å². The Morgan fingerprint density at radius 1 is 1.17 bits per heavy atom. The zero-order valence-electron chi connectivity index (χ0n) is 12.4. The van der Waals surface area contributed by atoms with E-state index in [2.05, 4.69) is 15.5 Å². The molecular weight excluding hydrogens is 294 g/mol. The molecule has 3 aromatic rings. The molecule has 1 N–H and O–H groups in total. The molecule has 114 valence electrons. The van der Waals surface area contributed by atoms with Crippen LogP contribution in [0.5, 0.6) is 5.75 Å². The third-order valence-electron chi connectivity index (χ3n) is 3.64. The topological polar surface area (TPSA) is 77.2 Å². The van der Waals surface area contributed by atoms with Crippen LogP contribution in [0.1, 0.15) is 21.7 Å². The first-order chi connectivity index (χ1) is 11.2. The molecule has 0 bridgehead atoms. The maximum atomic E-state index is 12.4. The summed E-state index contributed by atoms with van der Waals surface area (Å²) in [6.45, 7) is 2.11. The molecule has 0 aliphatic carbocycles. The molecule has 1 aliphatic rings. The Morgan fingerprint density at radius 3 is 2.91 bits per heavy atom. The van der Waals surface area contributed by atoms with Crippen molar-refractivity contribution in [1.82, 2.24) is 10.1 Å². The van der Waals surface area contributed by atoms with Crippen molar-refractivity contribution in [1.29, 1.82) is 0 Å². The van der Waals surface area contributed by atoms with Gasteiger partial charge in [0.2, 0.25) is 0 Å². The number of anilines is 1. The molecule has 0 saturated heterocycles. The van der Waals surface area contributed by atoms with Crippen LogP contribution in [-0.2, 0) is 6.61 Å². The highest BCUT2D eigenvalue weighted by Crippen LogP contribution is 2.38. The smallest absolute Gasteiger partial charge is 0.279 e. The van der Waals surface area contributed by atoms with Crippen LogP contribution in [0.2, 0.25) is 0 Å². The number of para-hydroxylation sites is 1. The maximum Gasteiger partial charge on any atom is 0.279 e. The van der Waals surface area contributed by atoms with Crippen LogP contribution in [0.15, 0.2) is 47.0 Å². The SMILES string of the molecule is Cc1cccc(NC(=O)c2noc3c2COc2ccccc2-3)n1. The normalized spacial score (nSPS) is 12.0. The minimum Gasteiger partial charge on any atom is -0.488 e. The van der Waals surface area contributed by atoms with E-state index < -0.39 is 0 Å². The van der Waals surface area contributed by atoms with Crippen molar-refractivity contribution in [2.45, 2.75) is 13.5 Å². The Hall–Kier alpha value is -3.15. The number of hydrogen-bond acceptors (Lipinski definition) is 5. The molecule has 1 aromatic carbocycles. The summed E-state index contributed by atoms with van der Waals surface area (Å²) < 4.78 is 11.1. The van der Waals surface area contributed by atoms with Gasteiger partial charge in [-0.25, -0.2) is 4.98 Å². The van der Waals surface area contributed by atoms with Crippen LogP contribution >= 0.6 is 0 Å². The first-order valence-corrected chi connectivity index (χ1v) is 7.18. The quantitative estimate of drug-likeness (QED) is 0.786. The summed E-state index contributed by atoms with van der Waals surface area (Å²) >= 11 is 0. The fraction of sp³-hybridized carbons (Fsp3) is 0.118. The molecule has 0 fully saturated rings. The van der Waals surface area contributed by atoms with Crippen molar-refractivity contribution >= 4 is 11.7 Å². The van der Waals surface area contributed by atoms with Crippen molar-refractivity contribution in [3.8, 4) is 17.1 Å². The van der Waals surface area contributed by atoms with E-state index in [1.807, 2.05) is 43.3 Å². The number of aryl methyl sites for hydroxylation is 1. The van der Waals surface area contributed by atoms with Gasteiger partial charge in [0, 0.05) is 5.69 Å². The highest BCUT2D eigenvalue weighted by Gasteiger charge is 2.28. The third-order valence-corrected chi connectivity index (χ3v) is 3.64. The molecule has 0 radical (unpaired) electrons. The lowest BCUT2D eigenvalue weighted by atomic mass is 10.0. The lowest BCUT2D eigenvalue weighted by molar-refractivity contribution is 0.101. The number of nitrogens with one attached hydrogen (secondary N) is 1. The minimum absolute atomic E-state index is 0.220. The number of pyridine rings is 1. The van der Waals surface area contributed by atoms with E-state index in [1.165, 1.54) is 0 Å². The van der Waals surface area contributed by atoms with Crippen LogP contribution in [0.4, 0.5) is 5.82 Å². The van der Waals surface area contributed by atoms with Gasteiger partial charge in [-0.05, 0) is 31.2 Å². The zero-order valence-corrected chi connectivity index (χ0v) is 12.4. The lowest BCUT2D eigenvalue weighted by Gasteiger charge is -2.15. The van der Waals surface area contributed by atoms with Crippen molar-refractivity contribution in [2.24, 2.45) is 0 Å². The number of nitrogens with zero attached hydrogens (tertiary/aromatic N) is 2. The molecule has 0 saturated carbocycles. The first kappa shape index (κ1) is 13.5. The summed E-state index contributed by atoms with van der Waals surface area (Å²) in [5.41, 5.74) is 2.49. The first-order valence-electron chi connectivity index (χ1n) is 7.18. The van der Waals surface area contributed by atoms with Gasteiger partial charge in [-0.2, -0.15) is 0 Å². The lowest BCUT2D eigenvalue weighted by Crippen LogP contribution is -2.17. The van der Waals surface area contributed by atoms with Gasteiger partial charge in [-0.1, -0.05) is 23.4 Å². The van der Waals surface area contributed by atoms with Crippen LogP contribution in [0.3, 0.4) is 0 Å². The standard InChI is InChI=1S/C17H13N3O3/c1-10-5-4-8-14(18-10)19-17(21)15-12-9-22-13-7-3-2-6-11(13)16(12)23-20-15/h2-8H,9H2,1H3,(H,18,19,21). The Labute approximate surface area is 132 Å². The van der Waals surface area contributed by atoms with E-state index in [0.29, 0.717) is 17.1 Å². The Kier molecular flexibility index (Phi) is 3.08. The fourth-order valence-corrected chi connectivity index (χ4v) is 2.55. The highest BCUT2D eigenvalue weighted by molar-refractivity contribution is 6.04. The summed E-state index contributed by atoms with van der Waals surface area (Å²) in [6.07, 6.45) is 0. The Balaban J connectivity index is 1.67. The van der Waals surface area contributed by atoms with Gasteiger partial charge in [0.25, 0.3) is 5.91 Å². The van der Waals surface area contributed by atoms with E-state index in [4.69, 9.17) is 9.26 Å². The monoisotopic (exact) mass is 307 g/mol. The van der Waals surface area contributed by atoms with Gasteiger partial charge < -0.3 is 14.6 Å². The zero-order chi connectivity index (χ0) is 15.8. The van der Waals surface area contributed by atoms with Crippen LogP contribution in [-0.4, -0.2) is 16.0 Å². The second kappa shape index (κ2) is 5.24. The molecule has 0 unspecified atom stereocenters. The number of carbonyl (C=O) groups excluding carboxylic acids is 1. The highest BCUT2D eigenvalue weighted by atomic mass is 16.5. The molecule has 4 rings (SSSR count). The van der Waals surface area contributed by atoms with Gasteiger partial charge in [0.1, 0.15) is 18.2 Å². The molecular formula is C17H13N3O3. The van der Waals surface area contributed by atoms with E-state index in [0.717, 1.165) is 17.0 Å². The van der Waals surface area contributed by atoms with Crippen molar-refractivity contribution < 1.29 is 14.1 Å². The van der Waals surface area contributed by atoms with Crippen molar-refractivity contribution in [3.63, 3.8) is 0 Å². The number of carbonyl (C=O) groups is 1. The predicted octanol–water partition coefficient (Wildman–Crippen LogP) is 3.19. The summed E-state index contributed by atoms with van der Waals surface area (Å²) in [7, 11) is 0. The molecule has 1 amide bonds. The van der Waals surface area contributed by atoms with E-state index in [1.54, 1.807) is 6.07 Å². The Bertz CT molecular complexity index is 902. The van der Waals surface area contributed by atoms with E-state index in [9.17, 15) is 4.79 Å². The van der Waals surface area contributed by atoms with Gasteiger partial charge >= 0.3 is 0 Å². The molecule has 23 heavy (non-hydrogen) atoms. The van der Waals surface area contributed by atoms with Crippen LogP contribution in [0, 0.1) is 6.92 Å². The molecule has 0 spiro atoms. The van der Waals surface area contributed by atoms with Crippen molar-refractivity contribution in [3.05, 3.63) is 59.4 Å². The summed E-state index contributed by atoms with van der Waals surface area (Å²) in [4.78, 5) is 16.7. The Morgan fingerprint density at radius 2 is 2.04 bits per heavy atom. The number of rotatable bonds is 2. The van der Waals surface area contributed by atoms with Crippen LogP contribution in [0.25, 0.3) is 11.3 Å². The van der Waals surface area contributed by atoms with Gasteiger partial charge in [0.05, 0.1) is 11.1 Å². The molecule has 6 nitrogen and oxygen atoms in total. The fourth-order valence-electron chi connectivity index (χ4n) is 2.55. The number of benzene rings is 1. The molecule has 6 heteroatoms. The number of ether oxygens (including phenoxy) is 1. The molecule has 2 aromatic heterocycles. The van der Waals surface area contributed by atoms with E-state index >= 15 is 0 Å². The number of amides is 1. The second-order valence-corrected chi connectivity index (χ2v) is 5.24. The maximum absolute atomic E-state index is 12.4. The van der Waals surface area contributed by atoms with E-state index in [-0.39, 0.29) is 18.2 Å². The molecule has 3 heterocycles. The van der Waals surface area contributed by atoms with Crippen molar-refractivity contribution in [2.75, 3.05) is 5.32 Å². The summed E-state index contributed by atoms with van der Waals surface area (Å²) in [6, 6.07) is 12.9. The summed E-state index contributed by atoms with van der Waals surface area (Å²) in [5.74, 6) is 1.41. The molecule has 0 atom stereocenters. The van der Waals surface area contributed by atoms with Gasteiger partial charge in [0.15, 0.2) is 11.5 Å². The average Bonchev–Trinajstić information content (AvgIpc) is 2.99. The molecule has 1 aliphatic heterocycles.